The predicted molar refractivity (Wildman–Crippen MR) is 46.9 cm³/mol. The summed E-state index contributed by atoms with van der Waals surface area (Å²) in [5.74, 6) is 0.658. The van der Waals surface area contributed by atoms with Gasteiger partial charge in [-0.3, -0.25) is 4.99 Å². The molecule has 0 aliphatic rings. The molecule has 0 rings (SSSR count). The number of nitrogens with zero attached hydrogens (tertiary/aromatic N) is 1. The maximum absolute atomic E-state index is 11.7. The van der Waals surface area contributed by atoms with Gasteiger partial charge in [0.15, 0.2) is 0 Å². The molecule has 0 radical (unpaired) electrons. The molecule has 0 atom stereocenters. The standard InChI is InChI=1S/C8H16F2N2/c1-4-8(12-6(2)3)11-5-7(9)10/h6-7H,4-5H2,1-3H3,(H,11,12). The summed E-state index contributed by atoms with van der Waals surface area (Å²) < 4.78 is 23.5. The van der Waals surface area contributed by atoms with Crippen molar-refractivity contribution < 1.29 is 8.78 Å². The highest BCUT2D eigenvalue weighted by Gasteiger charge is 2.02. The lowest BCUT2D eigenvalue weighted by Gasteiger charge is -2.10. The van der Waals surface area contributed by atoms with Crippen molar-refractivity contribution in [3.8, 4) is 0 Å². The summed E-state index contributed by atoms with van der Waals surface area (Å²) in [6, 6.07) is 0.251. The lowest BCUT2D eigenvalue weighted by atomic mass is 10.3. The van der Waals surface area contributed by atoms with Crippen molar-refractivity contribution in [3.63, 3.8) is 0 Å². The van der Waals surface area contributed by atoms with Crippen molar-refractivity contribution in [2.24, 2.45) is 4.99 Å². The van der Waals surface area contributed by atoms with Gasteiger partial charge >= 0.3 is 0 Å². The summed E-state index contributed by atoms with van der Waals surface area (Å²) in [6.45, 7) is 5.39. The first-order valence-corrected chi connectivity index (χ1v) is 4.14. The van der Waals surface area contributed by atoms with Crippen molar-refractivity contribution in [1.82, 2.24) is 5.32 Å². The van der Waals surface area contributed by atoms with E-state index < -0.39 is 13.0 Å². The average molecular weight is 178 g/mol. The largest absolute Gasteiger partial charge is 0.372 e. The first kappa shape index (κ1) is 11.3. The van der Waals surface area contributed by atoms with E-state index in [4.69, 9.17) is 0 Å². The summed E-state index contributed by atoms with van der Waals surface area (Å²) in [6.07, 6.45) is -1.68. The highest BCUT2D eigenvalue weighted by Crippen LogP contribution is 1.94. The second-order valence-electron chi connectivity index (χ2n) is 2.83. The predicted octanol–water partition coefficient (Wildman–Crippen LogP) is 2.06. The molecule has 0 heterocycles. The lowest BCUT2D eigenvalue weighted by Crippen LogP contribution is -2.30. The summed E-state index contributed by atoms with van der Waals surface area (Å²) in [5.41, 5.74) is 0. The van der Waals surface area contributed by atoms with Crippen molar-refractivity contribution >= 4 is 5.84 Å². The van der Waals surface area contributed by atoms with Crippen molar-refractivity contribution in [3.05, 3.63) is 0 Å². The Morgan fingerprint density at radius 2 is 2.00 bits per heavy atom. The van der Waals surface area contributed by atoms with Gasteiger partial charge in [-0.05, 0) is 13.8 Å². The molecular weight excluding hydrogens is 162 g/mol. The summed E-state index contributed by atoms with van der Waals surface area (Å²) in [7, 11) is 0. The first-order chi connectivity index (χ1) is 5.56. The number of hydrogen-bond acceptors (Lipinski definition) is 1. The first-order valence-electron chi connectivity index (χ1n) is 4.14. The maximum Gasteiger partial charge on any atom is 0.257 e. The molecule has 0 saturated heterocycles. The fraction of sp³-hybridized carbons (Fsp3) is 0.875. The highest BCUT2D eigenvalue weighted by molar-refractivity contribution is 5.82. The number of aliphatic imine (C=N–C) groups is 1. The van der Waals surface area contributed by atoms with Crippen LogP contribution in [0, 0.1) is 0 Å². The van der Waals surface area contributed by atoms with Crippen LogP contribution < -0.4 is 5.32 Å². The van der Waals surface area contributed by atoms with Crippen molar-refractivity contribution in [1.29, 1.82) is 0 Å². The van der Waals surface area contributed by atoms with E-state index in [0.29, 0.717) is 12.3 Å². The Morgan fingerprint density at radius 3 is 2.33 bits per heavy atom. The monoisotopic (exact) mass is 178 g/mol. The van der Waals surface area contributed by atoms with Gasteiger partial charge in [0.2, 0.25) is 0 Å². The van der Waals surface area contributed by atoms with Crippen LogP contribution >= 0.6 is 0 Å². The minimum atomic E-state index is -2.35. The molecule has 12 heavy (non-hydrogen) atoms. The van der Waals surface area contributed by atoms with Crippen LogP contribution in [0.15, 0.2) is 4.99 Å². The quantitative estimate of drug-likeness (QED) is 0.517. The third-order valence-corrected chi connectivity index (χ3v) is 1.21. The van der Waals surface area contributed by atoms with Gasteiger partial charge in [0.05, 0.1) is 5.84 Å². The fourth-order valence-corrected chi connectivity index (χ4v) is 0.772. The van der Waals surface area contributed by atoms with Crippen molar-refractivity contribution in [2.45, 2.75) is 39.7 Å². The van der Waals surface area contributed by atoms with Gasteiger partial charge in [-0.15, -0.1) is 0 Å². The molecule has 1 N–H and O–H groups in total. The van der Waals surface area contributed by atoms with Crippen LogP contribution in [-0.4, -0.2) is 24.8 Å². The molecule has 0 bridgehead atoms. The van der Waals surface area contributed by atoms with Crippen LogP contribution in [0.1, 0.15) is 27.2 Å². The van der Waals surface area contributed by atoms with E-state index in [1.165, 1.54) is 0 Å². The number of amidine groups is 1. The summed E-state index contributed by atoms with van der Waals surface area (Å²) in [5, 5.41) is 3.00. The Hall–Kier alpha value is -0.670. The molecule has 72 valence electrons. The van der Waals surface area contributed by atoms with Gasteiger partial charge in [0.1, 0.15) is 6.54 Å². The minimum Gasteiger partial charge on any atom is -0.372 e. The molecular formula is C8H16F2N2. The van der Waals surface area contributed by atoms with Gasteiger partial charge in [0.25, 0.3) is 6.43 Å². The molecule has 2 nitrogen and oxygen atoms in total. The molecule has 0 unspecified atom stereocenters. The zero-order valence-corrected chi connectivity index (χ0v) is 7.77. The summed E-state index contributed by atoms with van der Waals surface area (Å²) in [4.78, 5) is 3.74. The van der Waals surface area contributed by atoms with Gasteiger partial charge in [-0.1, -0.05) is 6.92 Å². The van der Waals surface area contributed by atoms with Gasteiger partial charge in [-0.25, -0.2) is 8.78 Å². The van der Waals surface area contributed by atoms with E-state index in [1.807, 2.05) is 20.8 Å². The molecule has 0 aliphatic carbocycles. The van der Waals surface area contributed by atoms with E-state index in [0.717, 1.165) is 0 Å². The Bertz CT molecular complexity index is 144. The number of rotatable bonds is 4. The van der Waals surface area contributed by atoms with Crippen LogP contribution in [0.3, 0.4) is 0 Å². The van der Waals surface area contributed by atoms with E-state index in [1.54, 1.807) is 0 Å². The molecule has 0 amide bonds. The van der Waals surface area contributed by atoms with Crippen LogP contribution in [0.25, 0.3) is 0 Å². The minimum absolute atomic E-state index is 0.251. The van der Waals surface area contributed by atoms with Crippen molar-refractivity contribution in [2.75, 3.05) is 6.54 Å². The smallest absolute Gasteiger partial charge is 0.257 e. The SMILES string of the molecule is CCC(=NCC(F)F)NC(C)C. The van der Waals surface area contributed by atoms with Gasteiger partial charge in [-0.2, -0.15) is 0 Å². The average Bonchev–Trinajstić information content (AvgIpc) is 1.97. The van der Waals surface area contributed by atoms with E-state index in [-0.39, 0.29) is 6.04 Å². The Kier molecular flexibility index (Phi) is 5.58. The number of hydrogen-bond donors (Lipinski definition) is 1. The molecule has 4 heteroatoms. The second-order valence-corrected chi connectivity index (χ2v) is 2.83. The van der Waals surface area contributed by atoms with Crippen LogP contribution in [-0.2, 0) is 0 Å². The number of nitrogens with one attached hydrogen (secondary N) is 1. The van der Waals surface area contributed by atoms with Gasteiger partial charge < -0.3 is 5.32 Å². The second kappa shape index (κ2) is 5.91. The zero-order chi connectivity index (χ0) is 9.56. The molecule has 0 spiro atoms. The van der Waals surface area contributed by atoms with Crippen LogP contribution in [0.4, 0.5) is 8.78 Å². The highest BCUT2D eigenvalue weighted by atomic mass is 19.3. The Balaban J connectivity index is 3.87. The maximum atomic E-state index is 11.7. The molecule has 0 aliphatic heterocycles. The van der Waals surface area contributed by atoms with E-state index in [9.17, 15) is 8.78 Å². The topological polar surface area (TPSA) is 24.4 Å². The summed E-state index contributed by atoms with van der Waals surface area (Å²) >= 11 is 0. The third-order valence-electron chi connectivity index (χ3n) is 1.21. The number of halogens is 2. The molecule has 0 fully saturated rings. The van der Waals surface area contributed by atoms with Gasteiger partial charge in [0, 0.05) is 12.5 Å². The Morgan fingerprint density at radius 1 is 1.42 bits per heavy atom. The van der Waals surface area contributed by atoms with E-state index in [2.05, 4.69) is 10.3 Å². The Labute approximate surface area is 72.1 Å². The third kappa shape index (κ3) is 6.07. The number of alkyl halides is 2. The molecule has 0 saturated carbocycles. The fourth-order valence-electron chi connectivity index (χ4n) is 0.772. The normalized spacial score (nSPS) is 12.8. The van der Waals surface area contributed by atoms with Crippen LogP contribution in [0.5, 0.6) is 0 Å². The molecule has 0 aromatic heterocycles. The van der Waals surface area contributed by atoms with Crippen LogP contribution in [0.2, 0.25) is 0 Å². The zero-order valence-electron chi connectivity index (χ0n) is 7.77. The van der Waals surface area contributed by atoms with E-state index >= 15 is 0 Å². The lowest BCUT2D eigenvalue weighted by molar-refractivity contribution is 0.158. The molecule has 0 aromatic rings. The molecule has 0 aromatic carbocycles.